The van der Waals surface area contributed by atoms with Crippen LogP contribution in [0.2, 0.25) is 16.6 Å². The molecule has 1 aromatic carbocycles. The average molecular weight is 420 g/mol. The Hall–Kier alpha value is -1.67. The Morgan fingerprint density at radius 3 is 1.54 bits per heavy atom. The van der Waals surface area contributed by atoms with Crippen LogP contribution < -0.4 is 0 Å². The minimum Gasteiger partial charge on any atom is -0.383 e. The molecule has 0 aliphatic rings. The van der Waals surface area contributed by atoms with Gasteiger partial charge in [0.05, 0.1) is 5.56 Å². The lowest BCUT2D eigenvalue weighted by molar-refractivity contribution is 0.203. The highest BCUT2D eigenvalue weighted by Crippen LogP contribution is 2.43. The number of aliphatic hydroxyl groups excluding tert-OH is 1. The van der Waals surface area contributed by atoms with Crippen molar-refractivity contribution in [2.75, 3.05) is 0 Å². The van der Waals surface area contributed by atoms with Gasteiger partial charge in [-0.05, 0) is 28.9 Å². The molecule has 0 aliphatic carbocycles. The Bertz CT molecular complexity index is 812. The lowest BCUT2D eigenvalue weighted by Crippen LogP contribution is -2.51. The molecule has 0 radical (unpaired) electrons. The van der Waals surface area contributed by atoms with Crippen molar-refractivity contribution >= 4 is 8.24 Å². The molecule has 1 N–H and O–H groups in total. The first kappa shape index (κ1) is 22.6. The van der Waals surface area contributed by atoms with Gasteiger partial charge in [-0.15, -0.1) is 0 Å². The maximum absolute atomic E-state index is 14.1. The highest BCUT2D eigenvalue weighted by Gasteiger charge is 2.45. The molecular weight excluding hydrogens is 393 g/mol. The van der Waals surface area contributed by atoms with Gasteiger partial charge in [0.15, 0.2) is 31.5 Å². The zero-order valence-electron chi connectivity index (χ0n) is 16.8. The van der Waals surface area contributed by atoms with Crippen LogP contribution in [-0.4, -0.2) is 17.6 Å². The van der Waals surface area contributed by atoms with Gasteiger partial charge in [-0.3, -0.25) is 0 Å². The largest absolute Gasteiger partial charge is 0.383 e. The van der Waals surface area contributed by atoms with Crippen molar-refractivity contribution < 1.29 is 27.1 Å². The van der Waals surface area contributed by atoms with Gasteiger partial charge in [-0.1, -0.05) is 41.5 Å². The maximum atomic E-state index is 14.1. The monoisotopic (exact) mass is 419 g/mol. The highest BCUT2D eigenvalue weighted by molar-refractivity contribution is 6.82. The van der Waals surface area contributed by atoms with Crippen LogP contribution in [0, 0.1) is 29.1 Å². The van der Waals surface area contributed by atoms with Crippen molar-refractivity contribution in [2.45, 2.75) is 64.3 Å². The predicted octanol–water partition coefficient (Wildman–Crippen LogP) is 6.29. The average Bonchev–Trinajstić information content (AvgIpc) is 3.08. The summed E-state index contributed by atoms with van der Waals surface area (Å²) >= 11 is 0. The summed E-state index contributed by atoms with van der Waals surface area (Å²) in [6.45, 7) is 12.7. The van der Waals surface area contributed by atoms with E-state index in [1.807, 2.05) is 4.23 Å². The fourth-order valence-corrected chi connectivity index (χ4v) is 11.2. The van der Waals surface area contributed by atoms with E-state index in [2.05, 4.69) is 41.5 Å². The molecule has 1 unspecified atom stereocenters. The van der Waals surface area contributed by atoms with E-state index in [1.165, 1.54) is 6.07 Å². The number of nitrogens with zero attached hydrogens (tertiary/aromatic N) is 1. The van der Waals surface area contributed by atoms with Crippen LogP contribution in [0.25, 0.3) is 0 Å². The first-order valence-corrected chi connectivity index (χ1v) is 11.4. The molecule has 156 valence electrons. The van der Waals surface area contributed by atoms with E-state index in [0.717, 1.165) is 0 Å². The van der Waals surface area contributed by atoms with E-state index >= 15 is 0 Å². The van der Waals surface area contributed by atoms with Gasteiger partial charge >= 0.3 is 0 Å². The molecule has 2 aromatic rings. The van der Waals surface area contributed by atoms with E-state index in [0.29, 0.717) is 16.6 Å². The quantitative estimate of drug-likeness (QED) is 0.253. The fourth-order valence-electron chi connectivity index (χ4n) is 4.74. The maximum Gasteiger partial charge on any atom is 0.200 e. The van der Waals surface area contributed by atoms with Crippen molar-refractivity contribution in [1.29, 1.82) is 0 Å². The first-order valence-electron chi connectivity index (χ1n) is 9.26. The summed E-state index contributed by atoms with van der Waals surface area (Å²) in [5.74, 6) is -10.4. The van der Waals surface area contributed by atoms with Crippen molar-refractivity contribution in [3.63, 3.8) is 0 Å². The van der Waals surface area contributed by atoms with Gasteiger partial charge in [-0.2, -0.15) is 0 Å². The third-order valence-corrected chi connectivity index (χ3v) is 12.5. The molecule has 8 heteroatoms. The summed E-state index contributed by atoms with van der Waals surface area (Å²) in [6.07, 6.45) is 1.34. The molecule has 2 rings (SSSR count). The summed E-state index contributed by atoms with van der Waals surface area (Å²) < 4.78 is 70.5. The number of rotatable bonds is 6. The molecule has 0 saturated heterocycles. The summed E-state index contributed by atoms with van der Waals surface area (Å²) in [4.78, 5) is 0. The normalized spacial score (nSPS) is 13.8. The Labute approximate surface area is 163 Å². The van der Waals surface area contributed by atoms with Crippen molar-refractivity contribution in [2.24, 2.45) is 0 Å². The molecule has 0 spiro atoms. The number of aliphatic hydroxyl groups is 1. The first-order chi connectivity index (χ1) is 12.9. The van der Waals surface area contributed by atoms with Crippen LogP contribution >= 0.6 is 0 Å². The lowest BCUT2D eigenvalue weighted by Gasteiger charge is -2.44. The summed E-state index contributed by atoms with van der Waals surface area (Å²) in [7, 11) is -2.18. The van der Waals surface area contributed by atoms with Gasteiger partial charge in [0.2, 0.25) is 5.82 Å². The fraction of sp³-hybridized carbons (Fsp3) is 0.500. The third kappa shape index (κ3) is 3.30. The van der Waals surface area contributed by atoms with Crippen molar-refractivity contribution in [1.82, 2.24) is 4.23 Å². The predicted molar refractivity (Wildman–Crippen MR) is 101 cm³/mol. The SMILES string of the molecule is CC(C)[Si](C(C)C)(C(C)C)n1ccc(C(O)c2c(F)c(F)c(F)c(F)c2F)c1. The van der Waals surface area contributed by atoms with Crippen molar-refractivity contribution in [3.8, 4) is 0 Å². The Kier molecular flexibility index (Phi) is 6.45. The van der Waals surface area contributed by atoms with E-state index < -0.39 is 49.0 Å². The van der Waals surface area contributed by atoms with E-state index in [1.54, 1.807) is 12.4 Å². The molecule has 0 bridgehead atoms. The molecular formula is C20H26F5NOSi. The highest BCUT2D eigenvalue weighted by atomic mass is 28.3. The van der Waals surface area contributed by atoms with Crippen molar-refractivity contribution in [3.05, 3.63) is 58.7 Å². The molecule has 0 amide bonds. The second-order valence-electron chi connectivity index (χ2n) is 8.09. The molecule has 1 heterocycles. The molecule has 0 fully saturated rings. The van der Waals surface area contributed by atoms with E-state index in [9.17, 15) is 27.1 Å². The lowest BCUT2D eigenvalue weighted by atomic mass is 10.0. The number of aromatic nitrogens is 1. The molecule has 1 atom stereocenters. The zero-order chi connectivity index (χ0) is 21.5. The third-order valence-electron chi connectivity index (χ3n) is 5.77. The Morgan fingerprint density at radius 2 is 1.14 bits per heavy atom. The van der Waals surface area contributed by atoms with Crippen LogP contribution in [0.1, 0.15) is 58.8 Å². The van der Waals surface area contributed by atoms with Crippen LogP contribution in [0.5, 0.6) is 0 Å². The minimum absolute atomic E-state index is 0.0852. The number of hydrogen-bond acceptors (Lipinski definition) is 1. The Morgan fingerprint density at radius 1 is 0.750 bits per heavy atom. The second-order valence-corrected chi connectivity index (χ2v) is 13.8. The number of hydrogen-bond donors (Lipinski definition) is 1. The summed E-state index contributed by atoms with van der Waals surface area (Å²) in [5.41, 5.74) is -0.195. The number of halogens is 5. The van der Waals surface area contributed by atoms with Gasteiger partial charge < -0.3 is 9.34 Å². The van der Waals surface area contributed by atoms with Crippen LogP contribution in [-0.2, 0) is 0 Å². The molecule has 1 aromatic heterocycles. The van der Waals surface area contributed by atoms with Gasteiger partial charge in [0.1, 0.15) is 6.10 Å². The molecule has 0 saturated carbocycles. The zero-order valence-corrected chi connectivity index (χ0v) is 17.8. The van der Waals surface area contributed by atoms with Crippen LogP contribution in [0.3, 0.4) is 0 Å². The second kappa shape index (κ2) is 7.98. The molecule has 0 aliphatic heterocycles. The van der Waals surface area contributed by atoms with E-state index in [4.69, 9.17) is 0 Å². The molecule has 28 heavy (non-hydrogen) atoms. The van der Waals surface area contributed by atoms with Gasteiger partial charge in [0.25, 0.3) is 0 Å². The topological polar surface area (TPSA) is 25.2 Å². The van der Waals surface area contributed by atoms with Crippen LogP contribution in [0.15, 0.2) is 18.5 Å². The molecule has 2 nitrogen and oxygen atoms in total. The Balaban J connectivity index is 2.61. The minimum atomic E-state index is -2.24. The number of benzene rings is 1. The summed E-state index contributed by atoms with van der Waals surface area (Å²) in [5, 5.41) is 10.5. The van der Waals surface area contributed by atoms with Gasteiger partial charge in [0, 0.05) is 11.8 Å². The standard InChI is InChI=1S/C20H26F5NOSi/c1-10(2)28(11(3)4,12(5)6)26-8-7-13(9-26)20(27)14-15(21)17(23)19(25)18(24)16(14)22/h7-12,20,27H,1-6H3. The van der Waals surface area contributed by atoms with E-state index in [-0.39, 0.29) is 5.56 Å². The van der Waals surface area contributed by atoms with Gasteiger partial charge in [-0.25, -0.2) is 22.0 Å². The van der Waals surface area contributed by atoms with Crippen LogP contribution in [0.4, 0.5) is 22.0 Å². The summed E-state index contributed by atoms with van der Waals surface area (Å²) in [6, 6.07) is 1.47. The smallest absolute Gasteiger partial charge is 0.200 e.